The maximum Gasteiger partial charge on any atom is 0.251 e. The van der Waals surface area contributed by atoms with Gasteiger partial charge in [0.2, 0.25) is 0 Å². The van der Waals surface area contributed by atoms with Crippen molar-refractivity contribution in [2.24, 2.45) is 0 Å². The second kappa shape index (κ2) is 9.44. The van der Waals surface area contributed by atoms with E-state index in [0.29, 0.717) is 18.7 Å². The third-order valence-corrected chi connectivity index (χ3v) is 3.91. The Morgan fingerprint density at radius 1 is 1.26 bits per heavy atom. The molecule has 2 heterocycles. The highest BCUT2D eigenvalue weighted by Gasteiger charge is 2.16. The fourth-order valence-electron chi connectivity index (χ4n) is 2.43. The number of amides is 1. The number of rotatable bonds is 8. The van der Waals surface area contributed by atoms with Crippen molar-refractivity contribution >= 4 is 11.7 Å². The van der Waals surface area contributed by atoms with Gasteiger partial charge in [-0.1, -0.05) is 0 Å². The van der Waals surface area contributed by atoms with Crippen LogP contribution < -0.4 is 15.5 Å². The van der Waals surface area contributed by atoms with Gasteiger partial charge in [0.15, 0.2) is 0 Å². The van der Waals surface area contributed by atoms with Crippen LogP contribution in [0.4, 0.5) is 5.82 Å². The van der Waals surface area contributed by atoms with E-state index in [4.69, 9.17) is 4.74 Å². The summed E-state index contributed by atoms with van der Waals surface area (Å²) in [6, 6.07) is 3.63. The van der Waals surface area contributed by atoms with E-state index in [0.717, 1.165) is 45.1 Å². The Hall–Kier alpha value is -1.70. The molecule has 1 aliphatic rings. The van der Waals surface area contributed by atoms with Gasteiger partial charge in [0, 0.05) is 64.7 Å². The summed E-state index contributed by atoms with van der Waals surface area (Å²) >= 11 is 0. The van der Waals surface area contributed by atoms with Crippen molar-refractivity contribution < 1.29 is 9.53 Å². The van der Waals surface area contributed by atoms with Gasteiger partial charge in [0.1, 0.15) is 5.82 Å². The lowest BCUT2D eigenvalue weighted by atomic mass is 10.2. The predicted molar refractivity (Wildman–Crippen MR) is 91.0 cm³/mol. The molecule has 0 spiro atoms. The molecule has 128 valence electrons. The zero-order valence-corrected chi connectivity index (χ0v) is 14.0. The fraction of sp³-hybridized carbons (Fsp3) is 0.625. The van der Waals surface area contributed by atoms with Crippen molar-refractivity contribution in [2.75, 3.05) is 71.5 Å². The zero-order valence-electron chi connectivity index (χ0n) is 14.0. The first-order valence-electron chi connectivity index (χ1n) is 8.08. The summed E-state index contributed by atoms with van der Waals surface area (Å²) in [4.78, 5) is 21.1. The Labute approximate surface area is 138 Å². The minimum absolute atomic E-state index is 0.0590. The van der Waals surface area contributed by atoms with E-state index in [2.05, 4.69) is 32.5 Å². The molecule has 1 aromatic heterocycles. The first-order valence-corrected chi connectivity index (χ1v) is 8.08. The number of hydrogen-bond donors (Lipinski definition) is 2. The summed E-state index contributed by atoms with van der Waals surface area (Å²) in [5.41, 5.74) is 0.658. The van der Waals surface area contributed by atoms with Gasteiger partial charge in [0.05, 0.1) is 6.61 Å². The van der Waals surface area contributed by atoms with Gasteiger partial charge in [-0.15, -0.1) is 0 Å². The molecule has 0 radical (unpaired) electrons. The monoisotopic (exact) mass is 321 g/mol. The second-order valence-electron chi connectivity index (χ2n) is 5.69. The van der Waals surface area contributed by atoms with Crippen LogP contribution >= 0.6 is 0 Å². The summed E-state index contributed by atoms with van der Waals surface area (Å²) in [6.07, 6.45) is 1.71. The van der Waals surface area contributed by atoms with Crippen LogP contribution in [0.1, 0.15) is 10.4 Å². The summed E-state index contributed by atoms with van der Waals surface area (Å²) < 4.78 is 4.95. The molecule has 2 rings (SSSR count). The zero-order chi connectivity index (χ0) is 16.5. The van der Waals surface area contributed by atoms with Crippen molar-refractivity contribution in [3.05, 3.63) is 23.9 Å². The van der Waals surface area contributed by atoms with Crippen LogP contribution in [-0.4, -0.2) is 82.4 Å². The van der Waals surface area contributed by atoms with E-state index >= 15 is 0 Å². The second-order valence-corrected chi connectivity index (χ2v) is 5.69. The van der Waals surface area contributed by atoms with E-state index in [9.17, 15) is 4.79 Å². The number of nitrogens with zero attached hydrogens (tertiary/aromatic N) is 3. The molecule has 7 nitrogen and oxygen atoms in total. The molecule has 1 amide bonds. The van der Waals surface area contributed by atoms with Gasteiger partial charge in [-0.05, 0) is 19.2 Å². The Morgan fingerprint density at radius 3 is 2.78 bits per heavy atom. The van der Waals surface area contributed by atoms with Crippen LogP contribution in [-0.2, 0) is 4.74 Å². The predicted octanol–water partition coefficient (Wildman–Crippen LogP) is -0.201. The van der Waals surface area contributed by atoms with E-state index in [-0.39, 0.29) is 5.91 Å². The van der Waals surface area contributed by atoms with E-state index < -0.39 is 0 Å². The molecule has 7 heteroatoms. The number of ether oxygens (including phenoxy) is 1. The number of nitrogens with one attached hydrogen (secondary N) is 2. The van der Waals surface area contributed by atoms with Crippen LogP contribution in [0.25, 0.3) is 0 Å². The summed E-state index contributed by atoms with van der Waals surface area (Å²) in [5.74, 6) is 0.820. The maximum absolute atomic E-state index is 12.2. The summed E-state index contributed by atoms with van der Waals surface area (Å²) in [5, 5.41) is 6.11. The number of carbonyl (C=O) groups excluding carboxylic acids is 1. The standard InChI is InChI=1S/C16H27N5O2/c1-20-8-10-21(11-9-20)15-13-14(3-4-18-15)16(22)19-6-5-17-7-12-23-2/h3-4,13,17H,5-12H2,1-2H3,(H,19,22). The lowest BCUT2D eigenvalue weighted by Gasteiger charge is -2.33. The summed E-state index contributed by atoms with van der Waals surface area (Å²) in [7, 11) is 3.79. The van der Waals surface area contributed by atoms with Crippen molar-refractivity contribution in [3.63, 3.8) is 0 Å². The molecular formula is C16H27N5O2. The van der Waals surface area contributed by atoms with E-state index in [1.54, 1.807) is 19.4 Å². The van der Waals surface area contributed by atoms with Crippen LogP contribution in [0, 0.1) is 0 Å². The van der Waals surface area contributed by atoms with Gasteiger partial charge in [-0.3, -0.25) is 4.79 Å². The van der Waals surface area contributed by atoms with Crippen LogP contribution in [0.15, 0.2) is 18.3 Å². The van der Waals surface area contributed by atoms with Crippen LogP contribution in [0.5, 0.6) is 0 Å². The molecule has 1 saturated heterocycles. The average molecular weight is 321 g/mol. The third kappa shape index (κ3) is 5.78. The molecule has 1 aliphatic heterocycles. The molecule has 1 aromatic rings. The minimum Gasteiger partial charge on any atom is -0.383 e. The topological polar surface area (TPSA) is 69.7 Å². The van der Waals surface area contributed by atoms with Crippen molar-refractivity contribution in [3.8, 4) is 0 Å². The molecule has 0 unspecified atom stereocenters. The van der Waals surface area contributed by atoms with Gasteiger partial charge < -0.3 is 25.2 Å². The molecular weight excluding hydrogens is 294 g/mol. The average Bonchev–Trinajstić information content (AvgIpc) is 2.58. The largest absolute Gasteiger partial charge is 0.383 e. The van der Waals surface area contributed by atoms with Gasteiger partial charge in [-0.2, -0.15) is 0 Å². The molecule has 0 atom stereocenters. The number of piperazine rings is 1. The fourth-order valence-corrected chi connectivity index (χ4v) is 2.43. The molecule has 1 fully saturated rings. The maximum atomic E-state index is 12.2. The highest BCUT2D eigenvalue weighted by molar-refractivity contribution is 5.94. The Morgan fingerprint density at radius 2 is 2.04 bits per heavy atom. The SMILES string of the molecule is COCCNCCNC(=O)c1ccnc(N2CCN(C)CC2)c1. The lowest BCUT2D eigenvalue weighted by Crippen LogP contribution is -2.44. The van der Waals surface area contributed by atoms with E-state index in [1.807, 2.05) is 6.07 Å². The van der Waals surface area contributed by atoms with Crippen molar-refractivity contribution in [1.29, 1.82) is 0 Å². The number of likely N-dealkylation sites (N-methyl/N-ethyl adjacent to an activating group) is 1. The van der Waals surface area contributed by atoms with Crippen LogP contribution in [0.2, 0.25) is 0 Å². The molecule has 23 heavy (non-hydrogen) atoms. The normalized spacial score (nSPS) is 15.7. The lowest BCUT2D eigenvalue weighted by molar-refractivity contribution is 0.0953. The first kappa shape index (κ1) is 17.7. The van der Waals surface area contributed by atoms with Crippen molar-refractivity contribution in [2.45, 2.75) is 0 Å². The quantitative estimate of drug-likeness (QED) is 0.646. The van der Waals surface area contributed by atoms with Gasteiger partial charge >= 0.3 is 0 Å². The molecule has 0 aliphatic carbocycles. The van der Waals surface area contributed by atoms with Crippen LogP contribution in [0.3, 0.4) is 0 Å². The Balaban J connectivity index is 1.80. The number of carbonyl (C=O) groups is 1. The van der Waals surface area contributed by atoms with Crippen molar-refractivity contribution in [1.82, 2.24) is 20.5 Å². The summed E-state index contributed by atoms with van der Waals surface area (Å²) in [6.45, 7) is 6.70. The molecule has 0 saturated carbocycles. The van der Waals surface area contributed by atoms with Gasteiger partial charge in [0.25, 0.3) is 5.91 Å². The first-order chi connectivity index (χ1) is 11.2. The number of pyridine rings is 1. The highest BCUT2D eigenvalue weighted by Crippen LogP contribution is 2.14. The number of hydrogen-bond acceptors (Lipinski definition) is 6. The highest BCUT2D eigenvalue weighted by atomic mass is 16.5. The van der Waals surface area contributed by atoms with Gasteiger partial charge in [-0.25, -0.2) is 4.98 Å². The molecule has 0 bridgehead atoms. The number of anilines is 1. The smallest absolute Gasteiger partial charge is 0.251 e. The number of methoxy groups -OCH3 is 1. The van der Waals surface area contributed by atoms with E-state index in [1.165, 1.54) is 0 Å². The number of aromatic nitrogens is 1. The molecule has 2 N–H and O–H groups in total. The Bertz CT molecular complexity index is 489. The molecule has 0 aromatic carbocycles. The third-order valence-electron chi connectivity index (χ3n) is 3.91. The minimum atomic E-state index is -0.0590. The Kier molecular flexibility index (Phi) is 7.25.